The van der Waals surface area contributed by atoms with Gasteiger partial charge in [-0.05, 0) is 32.4 Å². The molecule has 1 unspecified atom stereocenters. The van der Waals surface area contributed by atoms with Crippen LogP contribution in [-0.2, 0) is 4.79 Å². The zero-order chi connectivity index (χ0) is 15.0. The quantitative estimate of drug-likeness (QED) is 0.639. The van der Waals surface area contributed by atoms with Gasteiger partial charge in [0, 0.05) is 24.5 Å². The van der Waals surface area contributed by atoms with E-state index in [2.05, 4.69) is 5.32 Å². The van der Waals surface area contributed by atoms with Crippen LogP contribution in [0.4, 0.5) is 5.69 Å². The van der Waals surface area contributed by atoms with Crippen LogP contribution >= 0.6 is 0 Å². The summed E-state index contributed by atoms with van der Waals surface area (Å²) in [5, 5.41) is 12.0. The van der Waals surface area contributed by atoms with E-state index in [1.165, 1.54) is 0 Å². The summed E-state index contributed by atoms with van der Waals surface area (Å²) in [5.41, 5.74) is 1.08. The number of nitrogens with one attached hydrogen (secondary N) is 1. The number of hydrogen-bond donors (Lipinski definition) is 1. The van der Waals surface area contributed by atoms with E-state index >= 15 is 0 Å². The van der Waals surface area contributed by atoms with Crippen molar-refractivity contribution in [3.05, 3.63) is 42.1 Å². The SMILES string of the molecule is CCC(C)NC(=O)/C(C#N)=C\N(CC)c1ccccc1. The molecule has 1 aromatic carbocycles. The summed E-state index contributed by atoms with van der Waals surface area (Å²) < 4.78 is 0. The van der Waals surface area contributed by atoms with Crippen molar-refractivity contribution in [1.82, 2.24) is 5.32 Å². The minimum Gasteiger partial charge on any atom is -0.349 e. The van der Waals surface area contributed by atoms with Gasteiger partial charge in [-0.3, -0.25) is 4.79 Å². The highest BCUT2D eigenvalue weighted by Crippen LogP contribution is 2.14. The van der Waals surface area contributed by atoms with Crippen molar-refractivity contribution in [2.75, 3.05) is 11.4 Å². The molecule has 1 rings (SSSR count). The van der Waals surface area contributed by atoms with E-state index in [4.69, 9.17) is 5.26 Å². The molecule has 106 valence electrons. The topological polar surface area (TPSA) is 56.1 Å². The molecule has 0 spiro atoms. The normalized spacial score (nSPS) is 12.4. The molecule has 0 fully saturated rings. The fraction of sp³-hybridized carbons (Fsp3) is 0.375. The van der Waals surface area contributed by atoms with Gasteiger partial charge in [0.1, 0.15) is 11.6 Å². The average Bonchev–Trinajstić information content (AvgIpc) is 2.49. The molecule has 0 aliphatic rings. The Hall–Kier alpha value is -2.28. The van der Waals surface area contributed by atoms with Crippen LogP contribution in [0.1, 0.15) is 27.2 Å². The van der Waals surface area contributed by atoms with E-state index in [1.807, 2.05) is 62.1 Å². The molecule has 0 aliphatic heterocycles. The lowest BCUT2D eigenvalue weighted by molar-refractivity contribution is -0.117. The number of hydrogen-bond acceptors (Lipinski definition) is 3. The summed E-state index contributed by atoms with van der Waals surface area (Å²) >= 11 is 0. The van der Waals surface area contributed by atoms with Gasteiger partial charge in [0.25, 0.3) is 5.91 Å². The van der Waals surface area contributed by atoms with Crippen molar-refractivity contribution in [3.8, 4) is 6.07 Å². The Morgan fingerprint density at radius 1 is 1.40 bits per heavy atom. The van der Waals surface area contributed by atoms with Crippen LogP contribution in [0.2, 0.25) is 0 Å². The monoisotopic (exact) mass is 271 g/mol. The highest BCUT2D eigenvalue weighted by molar-refractivity contribution is 5.97. The molecule has 1 atom stereocenters. The summed E-state index contributed by atoms with van der Waals surface area (Å²) in [7, 11) is 0. The van der Waals surface area contributed by atoms with E-state index in [9.17, 15) is 4.79 Å². The van der Waals surface area contributed by atoms with Crippen LogP contribution < -0.4 is 10.2 Å². The second-order valence-corrected chi connectivity index (χ2v) is 4.56. The van der Waals surface area contributed by atoms with E-state index in [-0.39, 0.29) is 17.5 Å². The molecule has 1 amide bonds. The second-order valence-electron chi connectivity index (χ2n) is 4.56. The number of benzene rings is 1. The van der Waals surface area contributed by atoms with Crippen LogP contribution in [0.15, 0.2) is 42.1 Å². The first-order chi connectivity index (χ1) is 9.62. The lowest BCUT2D eigenvalue weighted by atomic mass is 10.2. The Morgan fingerprint density at radius 2 is 2.05 bits per heavy atom. The summed E-state index contributed by atoms with van der Waals surface area (Å²) in [6.45, 7) is 6.57. The van der Waals surface area contributed by atoms with E-state index < -0.39 is 0 Å². The molecule has 0 heterocycles. The molecule has 20 heavy (non-hydrogen) atoms. The molecular weight excluding hydrogens is 250 g/mol. The van der Waals surface area contributed by atoms with Gasteiger partial charge in [-0.1, -0.05) is 25.1 Å². The number of amides is 1. The van der Waals surface area contributed by atoms with E-state index in [1.54, 1.807) is 6.20 Å². The Labute approximate surface area is 120 Å². The largest absolute Gasteiger partial charge is 0.349 e. The maximum atomic E-state index is 12.0. The number of carbonyl (C=O) groups excluding carboxylic acids is 1. The molecule has 0 aliphatic carbocycles. The molecule has 0 aromatic heterocycles. The van der Waals surface area contributed by atoms with Gasteiger partial charge in [0.05, 0.1) is 0 Å². The lowest BCUT2D eigenvalue weighted by Gasteiger charge is -2.19. The summed E-state index contributed by atoms with van der Waals surface area (Å²) in [4.78, 5) is 13.9. The summed E-state index contributed by atoms with van der Waals surface area (Å²) in [5.74, 6) is -0.323. The Morgan fingerprint density at radius 3 is 2.55 bits per heavy atom. The van der Waals surface area contributed by atoms with Gasteiger partial charge in [-0.25, -0.2) is 0 Å². The highest BCUT2D eigenvalue weighted by Gasteiger charge is 2.13. The third-order valence-electron chi connectivity index (χ3n) is 3.07. The zero-order valence-electron chi connectivity index (χ0n) is 12.3. The summed E-state index contributed by atoms with van der Waals surface area (Å²) in [6.07, 6.45) is 2.44. The predicted molar refractivity (Wildman–Crippen MR) is 81.1 cm³/mol. The third kappa shape index (κ3) is 4.43. The lowest BCUT2D eigenvalue weighted by Crippen LogP contribution is -2.33. The Bertz CT molecular complexity index is 502. The second kappa shape index (κ2) is 8.00. The van der Waals surface area contributed by atoms with Gasteiger partial charge in [0.15, 0.2) is 0 Å². The van der Waals surface area contributed by atoms with Gasteiger partial charge >= 0.3 is 0 Å². The molecule has 4 heteroatoms. The molecule has 1 N–H and O–H groups in total. The summed E-state index contributed by atoms with van der Waals surface area (Å²) in [6, 6.07) is 11.7. The van der Waals surface area contributed by atoms with Gasteiger partial charge < -0.3 is 10.2 Å². The average molecular weight is 271 g/mol. The first-order valence-electron chi connectivity index (χ1n) is 6.86. The van der Waals surface area contributed by atoms with Crippen molar-refractivity contribution in [2.24, 2.45) is 0 Å². The Kier molecular flexibility index (Phi) is 6.31. The minimum atomic E-state index is -0.323. The van der Waals surface area contributed by atoms with E-state index in [0.717, 1.165) is 12.1 Å². The molecule has 0 bridgehead atoms. The van der Waals surface area contributed by atoms with Crippen molar-refractivity contribution < 1.29 is 4.79 Å². The van der Waals surface area contributed by atoms with Crippen molar-refractivity contribution >= 4 is 11.6 Å². The molecule has 4 nitrogen and oxygen atoms in total. The number of nitriles is 1. The van der Waals surface area contributed by atoms with Crippen LogP contribution in [-0.4, -0.2) is 18.5 Å². The fourth-order valence-corrected chi connectivity index (χ4v) is 1.67. The van der Waals surface area contributed by atoms with Crippen molar-refractivity contribution in [1.29, 1.82) is 5.26 Å². The number of nitrogens with zero attached hydrogens (tertiary/aromatic N) is 2. The third-order valence-corrected chi connectivity index (χ3v) is 3.07. The number of anilines is 1. The first-order valence-corrected chi connectivity index (χ1v) is 6.86. The molecular formula is C16H21N3O. The molecule has 0 radical (unpaired) electrons. The van der Waals surface area contributed by atoms with Crippen molar-refractivity contribution in [2.45, 2.75) is 33.2 Å². The van der Waals surface area contributed by atoms with Crippen LogP contribution in [0.5, 0.6) is 0 Å². The standard InChI is InChI=1S/C16H21N3O/c1-4-13(3)18-16(20)14(11-17)12-19(5-2)15-9-7-6-8-10-15/h6-10,12-13H,4-5H2,1-3H3,(H,18,20)/b14-12-. The fourth-order valence-electron chi connectivity index (χ4n) is 1.67. The van der Waals surface area contributed by atoms with Crippen molar-refractivity contribution in [3.63, 3.8) is 0 Å². The maximum Gasteiger partial charge on any atom is 0.263 e. The number of para-hydroxylation sites is 1. The zero-order valence-corrected chi connectivity index (χ0v) is 12.3. The highest BCUT2D eigenvalue weighted by atomic mass is 16.1. The van der Waals surface area contributed by atoms with Crippen LogP contribution in [0.3, 0.4) is 0 Å². The molecule has 1 aromatic rings. The van der Waals surface area contributed by atoms with Gasteiger partial charge in [0.2, 0.25) is 0 Å². The first kappa shape index (κ1) is 15.8. The number of rotatable bonds is 6. The predicted octanol–water partition coefficient (Wildman–Crippen LogP) is 2.84. The smallest absolute Gasteiger partial charge is 0.263 e. The number of carbonyl (C=O) groups is 1. The van der Waals surface area contributed by atoms with Gasteiger partial charge in [-0.2, -0.15) is 5.26 Å². The van der Waals surface area contributed by atoms with Gasteiger partial charge in [-0.15, -0.1) is 0 Å². The van der Waals surface area contributed by atoms with Crippen LogP contribution in [0, 0.1) is 11.3 Å². The van der Waals surface area contributed by atoms with Crippen LogP contribution in [0.25, 0.3) is 0 Å². The minimum absolute atomic E-state index is 0.0612. The molecule has 0 saturated carbocycles. The molecule has 0 saturated heterocycles. The maximum absolute atomic E-state index is 12.0. The Balaban J connectivity index is 2.92. The van der Waals surface area contributed by atoms with E-state index in [0.29, 0.717) is 6.54 Å².